The van der Waals surface area contributed by atoms with Crippen LogP contribution in [0.1, 0.15) is 32.1 Å². The lowest BCUT2D eigenvalue weighted by atomic mass is 9.91. The lowest BCUT2D eigenvalue weighted by Gasteiger charge is -2.33. The molecule has 1 heterocycles. The fourth-order valence-electron chi connectivity index (χ4n) is 1.77. The van der Waals surface area contributed by atoms with Gasteiger partial charge in [0, 0.05) is 25.3 Å². The van der Waals surface area contributed by atoms with Crippen LogP contribution >= 0.6 is 0 Å². The summed E-state index contributed by atoms with van der Waals surface area (Å²) in [5, 5.41) is 3.68. The number of hydrogen-bond donors (Lipinski definition) is 1. The minimum atomic E-state index is 0.758. The quantitative estimate of drug-likeness (QED) is 0.649. The van der Waals surface area contributed by atoms with Gasteiger partial charge in [-0.2, -0.15) is 0 Å². The Morgan fingerprint density at radius 1 is 0.909 bits per heavy atom. The zero-order valence-corrected chi connectivity index (χ0v) is 7.01. The molecule has 2 heteroatoms. The second-order valence-corrected chi connectivity index (χ2v) is 3.68. The average molecular weight is 155 g/mol. The Hall–Kier alpha value is -0.0800. The third kappa shape index (κ3) is 1.94. The van der Waals surface area contributed by atoms with Crippen LogP contribution in [-0.4, -0.2) is 25.3 Å². The first-order valence-electron chi connectivity index (χ1n) is 4.79. The molecule has 1 saturated heterocycles. The van der Waals surface area contributed by atoms with E-state index in [1.165, 1.54) is 32.1 Å². The Bertz CT molecular complexity index is 117. The molecule has 1 saturated carbocycles. The van der Waals surface area contributed by atoms with E-state index >= 15 is 0 Å². The Balaban J connectivity index is 1.67. The smallest absolute Gasteiger partial charge is 0.0480 e. The van der Waals surface area contributed by atoms with Crippen molar-refractivity contribution in [1.29, 1.82) is 0 Å². The van der Waals surface area contributed by atoms with Crippen LogP contribution in [0, 0.1) is 0 Å². The van der Waals surface area contributed by atoms with Crippen LogP contribution in [0.3, 0.4) is 0 Å². The summed E-state index contributed by atoms with van der Waals surface area (Å²) in [4.78, 5) is 0. The van der Waals surface area contributed by atoms with Gasteiger partial charge in [0.1, 0.15) is 0 Å². The van der Waals surface area contributed by atoms with E-state index in [0.29, 0.717) is 0 Å². The van der Waals surface area contributed by atoms with Gasteiger partial charge in [-0.15, -0.1) is 0 Å². The minimum absolute atomic E-state index is 0.758. The standard InChI is InChI=1S/C9H17NO/c1-2-8(3-1)10-9-4-6-11-7-5-9/h8-10H,1-7H2. The highest BCUT2D eigenvalue weighted by Crippen LogP contribution is 2.20. The van der Waals surface area contributed by atoms with Gasteiger partial charge in [0.15, 0.2) is 0 Å². The molecule has 0 bridgehead atoms. The van der Waals surface area contributed by atoms with Gasteiger partial charge in [-0.25, -0.2) is 0 Å². The SMILES string of the molecule is C1CC(NC2CCOCC2)C1. The fourth-order valence-corrected chi connectivity index (χ4v) is 1.77. The summed E-state index contributed by atoms with van der Waals surface area (Å²) in [6.07, 6.45) is 6.67. The summed E-state index contributed by atoms with van der Waals surface area (Å²) >= 11 is 0. The Labute approximate surface area is 68.3 Å². The van der Waals surface area contributed by atoms with Gasteiger partial charge in [-0.05, 0) is 25.7 Å². The van der Waals surface area contributed by atoms with Gasteiger partial charge >= 0.3 is 0 Å². The van der Waals surface area contributed by atoms with E-state index in [2.05, 4.69) is 5.32 Å². The normalized spacial score (nSPS) is 28.4. The summed E-state index contributed by atoms with van der Waals surface area (Å²) in [6, 6.07) is 1.60. The van der Waals surface area contributed by atoms with Crippen LogP contribution in [0.4, 0.5) is 0 Å². The highest BCUT2D eigenvalue weighted by atomic mass is 16.5. The molecule has 0 spiro atoms. The van der Waals surface area contributed by atoms with Crippen molar-refractivity contribution in [3.05, 3.63) is 0 Å². The molecule has 1 aliphatic carbocycles. The molecule has 0 radical (unpaired) electrons. The summed E-state index contributed by atoms with van der Waals surface area (Å²) in [6.45, 7) is 1.93. The second kappa shape index (κ2) is 3.55. The highest BCUT2D eigenvalue weighted by molar-refractivity contribution is 4.81. The van der Waals surface area contributed by atoms with Gasteiger partial charge in [0.25, 0.3) is 0 Å². The van der Waals surface area contributed by atoms with Crippen LogP contribution in [0.5, 0.6) is 0 Å². The first kappa shape index (κ1) is 7.56. The van der Waals surface area contributed by atoms with Crippen molar-refractivity contribution < 1.29 is 4.74 Å². The van der Waals surface area contributed by atoms with E-state index in [-0.39, 0.29) is 0 Å². The van der Waals surface area contributed by atoms with Crippen LogP contribution < -0.4 is 5.32 Å². The van der Waals surface area contributed by atoms with Gasteiger partial charge in [-0.1, -0.05) is 6.42 Å². The van der Waals surface area contributed by atoms with Gasteiger partial charge in [0.2, 0.25) is 0 Å². The highest BCUT2D eigenvalue weighted by Gasteiger charge is 2.22. The molecule has 11 heavy (non-hydrogen) atoms. The van der Waals surface area contributed by atoms with E-state index in [4.69, 9.17) is 4.74 Å². The molecule has 2 nitrogen and oxygen atoms in total. The summed E-state index contributed by atoms with van der Waals surface area (Å²) in [7, 11) is 0. The average Bonchev–Trinajstić information content (AvgIpc) is 1.99. The maximum atomic E-state index is 5.29. The van der Waals surface area contributed by atoms with E-state index in [1.54, 1.807) is 0 Å². The number of hydrogen-bond acceptors (Lipinski definition) is 2. The zero-order chi connectivity index (χ0) is 7.52. The largest absolute Gasteiger partial charge is 0.381 e. The third-order valence-corrected chi connectivity index (χ3v) is 2.80. The minimum Gasteiger partial charge on any atom is -0.381 e. The second-order valence-electron chi connectivity index (χ2n) is 3.68. The van der Waals surface area contributed by atoms with Crippen molar-refractivity contribution in [2.24, 2.45) is 0 Å². The predicted octanol–water partition coefficient (Wildman–Crippen LogP) is 1.31. The molecular formula is C9H17NO. The summed E-state index contributed by atoms with van der Waals surface area (Å²) < 4.78 is 5.29. The molecule has 2 aliphatic rings. The fraction of sp³-hybridized carbons (Fsp3) is 1.00. The molecule has 0 aromatic rings. The van der Waals surface area contributed by atoms with Crippen molar-refractivity contribution in [2.45, 2.75) is 44.2 Å². The molecule has 64 valence electrons. The Kier molecular flexibility index (Phi) is 2.44. The van der Waals surface area contributed by atoms with Crippen molar-refractivity contribution in [2.75, 3.05) is 13.2 Å². The molecule has 1 N–H and O–H groups in total. The van der Waals surface area contributed by atoms with Gasteiger partial charge in [-0.3, -0.25) is 0 Å². The van der Waals surface area contributed by atoms with E-state index in [9.17, 15) is 0 Å². The van der Waals surface area contributed by atoms with E-state index in [0.717, 1.165) is 25.3 Å². The van der Waals surface area contributed by atoms with Gasteiger partial charge in [0.05, 0.1) is 0 Å². The summed E-state index contributed by atoms with van der Waals surface area (Å²) in [5.41, 5.74) is 0. The number of rotatable bonds is 2. The van der Waals surface area contributed by atoms with E-state index < -0.39 is 0 Å². The van der Waals surface area contributed by atoms with Crippen LogP contribution in [0.15, 0.2) is 0 Å². The van der Waals surface area contributed by atoms with Crippen molar-refractivity contribution in [3.8, 4) is 0 Å². The van der Waals surface area contributed by atoms with Crippen LogP contribution in [0.2, 0.25) is 0 Å². The molecule has 0 amide bonds. The monoisotopic (exact) mass is 155 g/mol. The molecule has 2 fully saturated rings. The van der Waals surface area contributed by atoms with Gasteiger partial charge < -0.3 is 10.1 Å². The van der Waals surface area contributed by atoms with Crippen molar-refractivity contribution in [3.63, 3.8) is 0 Å². The molecule has 0 aromatic carbocycles. The molecular weight excluding hydrogens is 138 g/mol. The maximum absolute atomic E-state index is 5.29. The molecule has 0 unspecified atom stereocenters. The molecule has 1 aliphatic heterocycles. The van der Waals surface area contributed by atoms with Crippen LogP contribution in [-0.2, 0) is 4.74 Å². The first-order chi connectivity index (χ1) is 5.45. The Morgan fingerprint density at radius 3 is 2.09 bits per heavy atom. The Morgan fingerprint density at radius 2 is 1.55 bits per heavy atom. The van der Waals surface area contributed by atoms with Crippen LogP contribution in [0.25, 0.3) is 0 Å². The van der Waals surface area contributed by atoms with Crippen molar-refractivity contribution >= 4 is 0 Å². The predicted molar refractivity (Wildman–Crippen MR) is 44.6 cm³/mol. The molecule has 0 aromatic heterocycles. The lowest BCUT2D eigenvalue weighted by Crippen LogP contribution is -2.44. The van der Waals surface area contributed by atoms with Crippen molar-refractivity contribution in [1.82, 2.24) is 5.32 Å². The molecule has 2 rings (SSSR count). The zero-order valence-electron chi connectivity index (χ0n) is 7.01. The third-order valence-electron chi connectivity index (χ3n) is 2.80. The molecule has 0 atom stereocenters. The first-order valence-corrected chi connectivity index (χ1v) is 4.79. The topological polar surface area (TPSA) is 21.3 Å². The lowest BCUT2D eigenvalue weighted by molar-refractivity contribution is 0.0712. The van der Waals surface area contributed by atoms with E-state index in [1.807, 2.05) is 0 Å². The maximum Gasteiger partial charge on any atom is 0.0480 e. The summed E-state index contributed by atoms with van der Waals surface area (Å²) in [5.74, 6) is 0. The number of ether oxygens (including phenoxy) is 1. The number of nitrogens with one attached hydrogen (secondary N) is 1.